The van der Waals surface area contributed by atoms with Gasteiger partial charge in [0.15, 0.2) is 5.60 Å². The number of nitrogens with zero attached hydrogens (tertiary/aromatic N) is 2. The molecule has 8 nitrogen and oxygen atoms in total. The molecule has 0 atom stereocenters. The monoisotopic (exact) mass is 377 g/mol. The topological polar surface area (TPSA) is 95.4 Å². The minimum Gasteiger partial charge on any atom is -0.494 e. The molecule has 0 aliphatic carbocycles. The molecule has 0 aliphatic heterocycles. The zero-order valence-corrected chi connectivity index (χ0v) is 16.3. The highest BCUT2D eigenvalue weighted by Crippen LogP contribution is 2.22. The summed E-state index contributed by atoms with van der Waals surface area (Å²) in [4.78, 5) is 23.3. The van der Waals surface area contributed by atoms with Gasteiger partial charge in [-0.15, -0.1) is 0 Å². The number of carbonyl (C=O) groups excluding carboxylic acids is 1. The van der Waals surface area contributed by atoms with Crippen molar-refractivity contribution in [2.45, 2.75) is 52.2 Å². The molecule has 0 unspecified atom stereocenters. The number of esters is 1. The number of carbonyl (C=O) groups is 1. The Labute approximate surface area is 158 Å². The highest BCUT2D eigenvalue weighted by atomic mass is 16.6. The molecule has 1 N–H and O–H groups in total. The van der Waals surface area contributed by atoms with Gasteiger partial charge in [0.25, 0.3) is 0 Å². The molecule has 1 aromatic carbocycles. The van der Waals surface area contributed by atoms with E-state index in [0.29, 0.717) is 31.1 Å². The van der Waals surface area contributed by atoms with Crippen LogP contribution in [0.15, 0.2) is 29.1 Å². The molecule has 0 fully saturated rings. The molecule has 0 saturated carbocycles. The summed E-state index contributed by atoms with van der Waals surface area (Å²) in [6.45, 7) is 6.48. The van der Waals surface area contributed by atoms with Crippen molar-refractivity contribution in [3.05, 3.63) is 40.6 Å². The van der Waals surface area contributed by atoms with Crippen LogP contribution >= 0.6 is 0 Å². The van der Waals surface area contributed by atoms with E-state index in [4.69, 9.17) is 14.2 Å². The molecule has 1 aromatic heterocycles. The molecule has 0 bridgehead atoms. The maximum absolute atomic E-state index is 11.7. The van der Waals surface area contributed by atoms with Crippen molar-refractivity contribution < 1.29 is 19.0 Å². The molecule has 27 heavy (non-hydrogen) atoms. The van der Waals surface area contributed by atoms with E-state index in [2.05, 4.69) is 10.2 Å². The van der Waals surface area contributed by atoms with Crippen LogP contribution in [0.4, 0.5) is 0 Å². The summed E-state index contributed by atoms with van der Waals surface area (Å²) in [5, 5.41) is 6.55. The Bertz CT molecular complexity index is 792. The minimum atomic E-state index is -1.06. The second kappa shape index (κ2) is 9.25. The van der Waals surface area contributed by atoms with Gasteiger partial charge in [-0.3, -0.25) is 4.57 Å². The fraction of sp³-hybridized carbons (Fsp3) is 0.526. The Balaban J connectivity index is 1.82. The lowest BCUT2D eigenvalue weighted by Crippen LogP contribution is -2.39. The highest BCUT2D eigenvalue weighted by molar-refractivity contribution is 5.78. The van der Waals surface area contributed by atoms with Gasteiger partial charge in [0.1, 0.15) is 17.3 Å². The smallest absolute Gasteiger partial charge is 0.349 e. The average molecular weight is 377 g/mol. The summed E-state index contributed by atoms with van der Waals surface area (Å²) in [7, 11) is 1.33. The van der Waals surface area contributed by atoms with Crippen molar-refractivity contribution in [3.8, 4) is 11.5 Å². The van der Waals surface area contributed by atoms with Gasteiger partial charge in [-0.05, 0) is 51.0 Å². The molecule has 8 heteroatoms. The second-order valence-corrected chi connectivity index (χ2v) is 6.62. The third-order valence-electron chi connectivity index (χ3n) is 3.97. The van der Waals surface area contributed by atoms with Crippen LogP contribution in [0.5, 0.6) is 11.5 Å². The number of hydrogen-bond donors (Lipinski definition) is 1. The molecular formula is C19H27N3O5. The summed E-state index contributed by atoms with van der Waals surface area (Å²) in [6, 6.07) is 7.05. The first kappa shape index (κ1) is 20.5. The van der Waals surface area contributed by atoms with Crippen molar-refractivity contribution in [2.24, 2.45) is 0 Å². The van der Waals surface area contributed by atoms with Gasteiger partial charge in [-0.1, -0.05) is 6.92 Å². The van der Waals surface area contributed by atoms with Gasteiger partial charge < -0.3 is 14.2 Å². The van der Waals surface area contributed by atoms with Gasteiger partial charge in [-0.2, -0.15) is 5.10 Å². The maximum Gasteiger partial charge on any atom is 0.349 e. The molecule has 0 aliphatic rings. The number of aromatic nitrogens is 3. The zero-order chi connectivity index (χ0) is 19.9. The van der Waals surface area contributed by atoms with E-state index in [9.17, 15) is 9.59 Å². The van der Waals surface area contributed by atoms with E-state index < -0.39 is 11.6 Å². The van der Waals surface area contributed by atoms with E-state index >= 15 is 0 Å². The van der Waals surface area contributed by atoms with E-state index in [1.54, 1.807) is 42.7 Å². The van der Waals surface area contributed by atoms with E-state index in [1.807, 2.05) is 6.92 Å². The van der Waals surface area contributed by atoms with E-state index in [-0.39, 0.29) is 5.69 Å². The summed E-state index contributed by atoms with van der Waals surface area (Å²) in [5.41, 5.74) is -1.23. The summed E-state index contributed by atoms with van der Waals surface area (Å²) in [5.74, 6) is 1.56. The predicted octanol–water partition coefficient (Wildman–Crippen LogP) is 2.32. The van der Waals surface area contributed by atoms with Crippen molar-refractivity contribution in [2.75, 3.05) is 13.7 Å². The van der Waals surface area contributed by atoms with Gasteiger partial charge in [0.2, 0.25) is 0 Å². The zero-order valence-electron chi connectivity index (χ0n) is 16.3. The number of aryl methyl sites for hydroxylation is 1. The van der Waals surface area contributed by atoms with Gasteiger partial charge in [-0.25, -0.2) is 14.7 Å². The number of benzene rings is 1. The lowest BCUT2D eigenvalue weighted by Gasteiger charge is -2.23. The third-order valence-corrected chi connectivity index (χ3v) is 3.97. The largest absolute Gasteiger partial charge is 0.494 e. The Morgan fingerprint density at radius 1 is 1.22 bits per heavy atom. The molecule has 148 valence electrons. The SMILES string of the molecule is CCCn1c(CCCOc2ccc(OC(C)(C)C(=O)OC)cc2)n[nH]c1=O. The quantitative estimate of drug-likeness (QED) is 0.504. The third kappa shape index (κ3) is 5.60. The Morgan fingerprint density at radius 3 is 2.52 bits per heavy atom. The summed E-state index contributed by atoms with van der Waals surface area (Å²) < 4.78 is 17.8. The lowest BCUT2D eigenvalue weighted by atomic mass is 10.1. The molecule has 0 saturated heterocycles. The first-order valence-corrected chi connectivity index (χ1v) is 9.01. The molecule has 1 heterocycles. The highest BCUT2D eigenvalue weighted by Gasteiger charge is 2.30. The van der Waals surface area contributed by atoms with Crippen LogP contribution in [0.2, 0.25) is 0 Å². The second-order valence-electron chi connectivity index (χ2n) is 6.62. The maximum atomic E-state index is 11.7. The Morgan fingerprint density at radius 2 is 1.89 bits per heavy atom. The number of methoxy groups -OCH3 is 1. The Kier molecular flexibility index (Phi) is 7.04. The van der Waals surface area contributed by atoms with E-state index in [0.717, 1.165) is 18.7 Å². The number of ether oxygens (including phenoxy) is 3. The standard InChI is InChI=1S/C19H27N3O5/c1-5-12-22-16(20-21-18(22)24)7-6-13-26-14-8-10-15(11-9-14)27-19(2,3)17(23)25-4/h8-11H,5-7,12-13H2,1-4H3,(H,21,24). The number of aromatic amines is 1. The summed E-state index contributed by atoms with van der Waals surface area (Å²) in [6.07, 6.45) is 2.28. The van der Waals surface area contributed by atoms with Gasteiger partial charge >= 0.3 is 11.7 Å². The normalized spacial score (nSPS) is 11.3. The lowest BCUT2D eigenvalue weighted by molar-refractivity contribution is -0.156. The van der Waals surface area contributed by atoms with Crippen molar-refractivity contribution >= 4 is 5.97 Å². The molecule has 2 aromatic rings. The molecule has 0 spiro atoms. The van der Waals surface area contributed by atoms with E-state index in [1.165, 1.54) is 7.11 Å². The predicted molar refractivity (Wildman–Crippen MR) is 100 cm³/mol. The number of rotatable bonds is 10. The van der Waals surface area contributed by atoms with Crippen molar-refractivity contribution in [1.82, 2.24) is 14.8 Å². The number of nitrogens with one attached hydrogen (secondary N) is 1. The fourth-order valence-corrected chi connectivity index (χ4v) is 2.60. The van der Waals surface area contributed by atoms with Gasteiger partial charge in [0.05, 0.1) is 13.7 Å². The van der Waals surface area contributed by atoms with Crippen molar-refractivity contribution in [1.29, 1.82) is 0 Å². The molecule has 0 amide bonds. The number of H-pyrrole nitrogens is 1. The van der Waals surface area contributed by atoms with Crippen LogP contribution < -0.4 is 15.2 Å². The summed E-state index contributed by atoms with van der Waals surface area (Å²) >= 11 is 0. The van der Waals surface area contributed by atoms with Crippen LogP contribution in [-0.4, -0.2) is 40.1 Å². The minimum absolute atomic E-state index is 0.168. The molecule has 0 radical (unpaired) electrons. The molecule has 2 rings (SSSR count). The van der Waals surface area contributed by atoms with Crippen LogP contribution in [0.1, 0.15) is 39.4 Å². The fourth-order valence-electron chi connectivity index (χ4n) is 2.60. The van der Waals surface area contributed by atoms with Crippen LogP contribution in [0, 0.1) is 0 Å². The first-order chi connectivity index (χ1) is 12.9. The van der Waals surface area contributed by atoms with Gasteiger partial charge in [0, 0.05) is 13.0 Å². The number of hydrogen-bond acceptors (Lipinski definition) is 6. The van der Waals surface area contributed by atoms with Crippen LogP contribution in [0.25, 0.3) is 0 Å². The first-order valence-electron chi connectivity index (χ1n) is 9.01. The average Bonchev–Trinajstić information content (AvgIpc) is 2.99. The van der Waals surface area contributed by atoms with Crippen LogP contribution in [-0.2, 0) is 22.5 Å². The Hall–Kier alpha value is -2.77. The van der Waals surface area contributed by atoms with Crippen molar-refractivity contribution in [3.63, 3.8) is 0 Å². The molecular weight excluding hydrogens is 350 g/mol. The van der Waals surface area contributed by atoms with Crippen LogP contribution in [0.3, 0.4) is 0 Å².